The van der Waals surface area contributed by atoms with Crippen LogP contribution in [0.2, 0.25) is 0 Å². The number of anilines is 2. The van der Waals surface area contributed by atoms with Crippen molar-refractivity contribution in [3.05, 3.63) is 70.9 Å². The number of para-hydroxylation sites is 1. The van der Waals surface area contributed by atoms with Gasteiger partial charge in [0.05, 0.1) is 11.3 Å². The van der Waals surface area contributed by atoms with Gasteiger partial charge in [-0.05, 0) is 43.2 Å². The van der Waals surface area contributed by atoms with Gasteiger partial charge in [0, 0.05) is 11.9 Å². The molecular weight excluding hydrogens is 343 g/mol. The van der Waals surface area contributed by atoms with Crippen LogP contribution >= 0.6 is 0 Å². The lowest BCUT2D eigenvalue weighted by atomic mass is 10.1. The minimum absolute atomic E-state index is 0.345. The number of benzene rings is 2. The van der Waals surface area contributed by atoms with Gasteiger partial charge in [0.2, 0.25) is 0 Å². The number of halogens is 3. The fourth-order valence-corrected chi connectivity index (χ4v) is 2.22. The zero-order chi connectivity index (χ0) is 19.3. The summed E-state index contributed by atoms with van der Waals surface area (Å²) in [5, 5.41) is 14.2. The van der Waals surface area contributed by atoms with Crippen LogP contribution in [0.15, 0.2) is 54.2 Å². The quantitative estimate of drug-likeness (QED) is 0.610. The second-order valence-corrected chi connectivity index (χ2v) is 5.63. The van der Waals surface area contributed by atoms with Crippen molar-refractivity contribution in [2.24, 2.45) is 0 Å². The highest BCUT2D eigenvalue weighted by Gasteiger charge is 2.33. The van der Waals surface area contributed by atoms with Gasteiger partial charge >= 0.3 is 6.18 Å². The Bertz CT molecular complexity index is 896. The molecule has 2 rings (SSSR count). The van der Waals surface area contributed by atoms with Gasteiger partial charge < -0.3 is 10.6 Å². The molecule has 2 aromatic carbocycles. The van der Waals surface area contributed by atoms with Crippen LogP contribution in [0, 0.1) is 25.2 Å². The maximum absolute atomic E-state index is 13.0. The lowest BCUT2D eigenvalue weighted by Gasteiger charge is -2.13. The van der Waals surface area contributed by atoms with E-state index in [1.807, 2.05) is 32.0 Å². The van der Waals surface area contributed by atoms with Gasteiger partial charge in [-0.2, -0.15) is 18.4 Å². The third-order valence-electron chi connectivity index (χ3n) is 3.61. The molecular formula is C19H16F3N3O. The van der Waals surface area contributed by atoms with Crippen LogP contribution in [0.25, 0.3) is 0 Å². The van der Waals surface area contributed by atoms with Crippen LogP contribution in [0.3, 0.4) is 0 Å². The number of nitriles is 1. The summed E-state index contributed by atoms with van der Waals surface area (Å²) >= 11 is 0. The van der Waals surface area contributed by atoms with Crippen molar-refractivity contribution in [1.82, 2.24) is 0 Å². The third-order valence-corrected chi connectivity index (χ3v) is 3.61. The third kappa shape index (κ3) is 4.63. The largest absolute Gasteiger partial charge is 0.418 e. The average Bonchev–Trinajstić information content (AvgIpc) is 2.58. The molecule has 0 aromatic heterocycles. The van der Waals surface area contributed by atoms with E-state index in [0.29, 0.717) is 5.69 Å². The molecule has 0 heterocycles. The maximum Gasteiger partial charge on any atom is 0.418 e. The van der Waals surface area contributed by atoms with Gasteiger partial charge in [-0.3, -0.25) is 4.79 Å². The molecule has 0 aliphatic rings. The molecule has 2 N–H and O–H groups in total. The van der Waals surface area contributed by atoms with Crippen molar-refractivity contribution in [3.63, 3.8) is 0 Å². The molecule has 0 spiro atoms. The molecule has 0 bridgehead atoms. The van der Waals surface area contributed by atoms with E-state index < -0.39 is 23.3 Å². The van der Waals surface area contributed by atoms with Crippen LogP contribution in [0.4, 0.5) is 24.5 Å². The van der Waals surface area contributed by atoms with E-state index in [0.717, 1.165) is 23.3 Å². The predicted octanol–water partition coefficient (Wildman–Crippen LogP) is 4.78. The summed E-state index contributed by atoms with van der Waals surface area (Å²) in [5.74, 6) is -0.929. The summed E-state index contributed by atoms with van der Waals surface area (Å²) in [6.07, 6.45) is -3.44. The molecule has 0 aliphatic heterocycles. The number of hydrogen-bond donors (Lipinski definition) is 2. The van der Waals surface area contributed by atoms with Gasteiger partial charge in [-0.1, -0.05) is 24.3 Å². The monoisotopic (exact) mass is 359 g/mol. The highest BCUT2D eigenvalue weighted by molar-refractivity contribution is 6.07. The number of alkyl halides is 3. The van der Waals surface area contributed by atoms with Gasteiger partial charge in [0.15, 0.2) is 0 Å². The van der Waals surface area contributed by atoms with Crippen molar-refractivity contribution in [3.8, 4) is 6.07 Å². The summed E-state index contributed by atoms with van der Waals surface area (Å²) in [6, 6.07) is 11.9. The molecule has 0 aliphatic carbocycles. The number of carbonyl (C=O) groups excluding carboxylic acids is 1. The molecule has 2 aromatic rings. The fraction of sp³-hybridized carbons (Fsp3) is 0.158. The van der Waals surface area contributed by atoms with Crippen LogP contribution in [-0.2, 0) is 11.0 Å². The molecule has 0 radical (unpaired) electrons. The first kappa shape index (κ1) is 19.1. The number of carbonyl (C=O) groups is 1. The smallest absolute Gasteiger partial charge is 0.360 e. The van der Waals surface area contributed by atoms with Crippen LogP contribution in [-0.4, -0.2) is 5.91 Å². The number of amides is 1. The molecule has 26 heavy (non-hydrogen) atoms. The average molecular weight is 359 g/mol. The summed E-state index contributed by atoms with van der Waals surface area (Å²) in [7, 11) is 0. The Morgan fingerprint density at radius 2 is 1.81 bits per heavy atom. The number of rotatable bonds is 4. The van der Waals surface area contributed by atoms with E-state index in [2.05, 4.69) is 10.6 Å². The molecule has 4 nitrogen and oxygen atoms in total. The SMILES string of the molecule is Cc1ccc(C)c(N/C=C(/C#N)C(=O)Nc2ccccc2C(F)(F)F)c1. The molecule has 0 saturated carbocycles. The molecule has 0 saturated heterocycles. The second-order valence-electron chi connectivity index (χ2n) is 5.63. The van der Waals surface area contributed by atoms with Crippen molar-refractivity contribution in [2.45, 2.75) is 20.0 Å². The van der Waals surface area contributed by atoms with Crippen molar-refractivity contribution < 1.29 is 18.0 Å². The Labute approximate surface area is 149 Å². The molecule has 134 valence electrons. The Balaban J connectivity index is 2.23. The molecule has 1 amide bonds. The minimum atomic E-state index is -4.61. The van der Waals surface area contributed by atoms with E-state index in [9.17, 15) is 18.0 Å². The first-order valence-corrected chi connectivity index (χ1v) is 7.64. The van der Waals surface area contributed by atoms with Crippen molar-refractivity contribution in [2.75, 3.05) is 10.6 Å². The van der Waals surface area contributed by atoms with E-state index in [1.54, 1.807) is 6.07 Å². The van der Waals surface area contributed by atoms with Gasteiger partial charge in [0.1, 0.15) is 11.6 Å². The van der Waals surface area contributed by atoms with Gasteiger partial charge in [-0.25, -0.2) is 0 Å². The van der Waals surface area contributed by atoms with Crippen LogP contribution < -0.4 is 10.6 Å². The number of nitrogens with one attached hydrogen (secondary N) is 2. The highest BCUT2D eigenvalue weighted by atomic mass is 19.4. The van der Waals surface area contributed by atoms with E-state index in [1.165, 1.54) is 18.3 Å². The Morgan fingerprint density at radius 3 is 2.46 bits per heavy atom. The summed E-state index contributed by atoms with van der Waals surface area (Å²) in [4.78, 5) is 12.2. The van der Waals surface area contributed by atoms with Crippen molar-refractivity contribution in [1.29, 1.82) is 5.26 Å². The minimum Gasteiger partial charge on any atom is -0.360 e. The lowest BCUT2D eigenvalue weighted by molar-refractivity contribution is -0.137. The first-order chi connectivity index (χ1) is 12.2. The first-order valence-electron chi connectivity index (χ1n) is 7.64. The van der Waals surface area contributed by atoms with Gasteiger partial charge in [0.25, 0.3) is 5.91 Å². The fourth-order valence-electron chi connectivity index (χ4n) is 2.22. The predicted molar refractivity (Wildman–Crippen MR) is 93.3 cm³/mol. The summed E-state index contributed by atoms with van der Waals surface area (Å²) in [5.41, 5.74) is 0.843. The number of nitrogens with zero attached hydrogens (tertiary/aromatic N) is 1. The standard InChI is InChI=1S/C19H16F3N3O/c1-12-7-8-13(2)17(9-12)24-11-14(10-23)18(26)25-16-6-4-3-5-15(16)19(20,21)22/h3-9,11,24H,1-2H3,(H,25,26)/b14-11-. The Kier molecular flexibility index (Phi) is 5.68. The maximum atomic E-state index is 13.0. The Hall–Kier alpha value is -3.27. The second kappa shape index (κ2) is 7.74. The molecule has 0 unspecified atom stereocenters. The molecule has 7 heteroatoms. The van der Waals surface area contributed by atoms with Gasteiger partial charge in [-0.15, -0.1) is 0 Å². The number of aryl methyl sites for hydroxylation is 2. The Morgan fingerprint density at radius 1 is 1.12 bits per heavy atom. The van der Waals surface area contributed by atoms with Crippen molar-refractivity contribution >= 4 is 17.3 Å². The van der Waals surface area contributed by atoms with E-state index in [-0.39, 0.29) is 5.57 Å². The van der Waals surface area contributed by atoms with Crippen LogP contribution in [0.5, 0.6) is 0 Å². The summed E-state index contributed by atoms with van der Waals surface area (Å²) < 4.78 is 39.0. The summed E-state index contributed by atoms with van der Waals surface area (Å²) in [6.45, 7) is 3.74. The highest BCUT2D eigenvalue weighted by Crippen LogP contribution is 2.34. The topological polar surface area (TPSA) is 64.9 Å². The zero-order valence-electron chi connectivity index (χ0n) is 14.1. The molecule has 0 fully saturated rings. The lowest BCUT2D eigenvalue weighted by Crippen LogP contribution is -2.18. The van der Waals surface area contributed by atoms with E-state index >= 15 is 0 Å². The number of hydrogen-bond acceptors (Lipinski definition) is 3. The normalized spacial score (nSPS) is 11.6. The zero-order valence-corrected chi connectivity index (χ0v) is 14.1. The molecule has 0 atom stereocenters. The van der Waals surface area contributed by atoms with Crippen LogP contribution in [0.1, 0.15) is 16.7 Å². The van der Waals surface area contributed by atoms with E-state index in [4.69, 9.17) is 5.26 Å².